The number of thiophene rings is 1. The van der Waals surface area contributed by atoms with Gasteiger partial charge in [-0.2, -0.15) is 4.98 Å². The first-order valence-electron chi connectivity index (χ1n) is 5.63. The second-order valence-corrected chi connectivity index (χ2v) is 5.46. The molecule has 0 saturated carbocycles. The minimum absolute atomic E-state index is 0.200. The molecule has 0 bridgehead atoms. The van der Waals surface area contributed by atoms with Crippen molar-refractivity contribution in [1.29, 1.82) is 0 Å². The zero-order valence-electron chi connectivity index (χ0n) is 9.47. The normalized spacial score (nSPS) is 19.6. The van der Waals surface area contributed by atoms with Gasteiger partial charge in [0.05, 0.1) is 10.2 Å². The van der Waals surface area contributed by atoms with Gasteiger partial charge in [-0.1, -0.05) is 0 Å². The standard InChI is InChI=1S/C11H11ClN4OS/c12-11-14-6-3-5-18-8(6)10(15-11)16-4-1-2-7(16)9(13)17/h3,5,7H,1-2,4H2,(H2,13,17)/t7-/m0/s1. The van der Waals surface area contributed by atoms with Gasteiger partial charge in [0.15, 0.2) is 5.82 Å². The van der Waals surface area contributed by atoms with E-state index in [-0.39, 0.29) is 17.2 Å². The molecule has 94 valence electrons. The van der Waals surface area contributed by atoms with Crippen LogP contribution in [0.2, 0.25) is 5.28 Å². The first kappa shape index (κ1) is 11.7. The minimum atomic E-state index is -0.313. The third kappa shape index (κ3) is 1.81. The van der Waals surface area contributed by atoms with Crippen LogP contribution in [-0.4, -0.2) is 28.5 Å². The van der Waals surface area contributed by atoms with Gasteiger partial charge in [-0.25, -0.2) is 4.98 Å². The molecule has 0 spiro atoms. The number of primary amides is 1. The number of halogens is 1. The average molecular weight is 283 g/mol. The summed E-state index contributed by atoms with van der Waals surface area (Å²) in [6.07, 6.45) is 1.70. The molecular weight excluding hydrogens is 272 g/mol. The Morgan fingerprint density at radius 2 is 2.39 bits per heavy atom. The van der Waals surface area contributed by atoms with Gasteiger partial charge in [-0.15, -0.1) is 11.3 Å². The summed E-state index contributed by atoms with van der Waals surface area (Å²) >= 11 is 7.47. The molecule has 1 amide bonds. The van der Waals surface area contributed by atoms with Crippen LogP contribution in [0, 0.1) is 0 Å². The summed E-state index contributed by atoms with van der Waals surface area (Å²) in [4.78, 5) is 21.8. The van der Waals surface area contributed by atoms with Gasteiger partial charge in [0.2, 0.25) is 11.2 Å². The molecule has 2 aromatic heterocycles. The highest BCUT2D eigenvalue weighted by Crippen LogP contribution is 2.33. The van der Waals surface area contributed by atoms with Crippen LogP contribution >= 0.6 is 22.9 Å². The number of nitrogens with two attached hydrogens (primary N) is 1. The maximum atomic E-state index is 11.5. The Morgan fingerprint density at radius 1 is 1.56 bits per heavy atom. The number of fused-ring (bicyclic) bond motifs is 1. The number of nitrogens with zero attached hydrogens (tertiary/aromatic N) is 3. The summed E-state index contributed by atoms with van der Waals surface area (Å²) in [6.45, 7) is 0.772. The number of anilines is 1. The summed E-state index contributed by atoms with van der Waals surface area (Å²) in [6, 6.07) is 1.60. The molecule has 5 nitrogen and oxygen atoms in total. The smallest absolute Gasteiger partial charge is 0.240 e. The van der Waals surface area contributed by atoms with Gasteiger partial charge in [0, 0.05) is 6.54 Å². The number of aromatic nitrogens is 2. The van der Waals surface area contributed by atoms with E-state index in [1.54, 1.807) is 11.3 Å². The van der Waals surface area contributed by atoms with Crippen molar-refractivity contribution < 1.29 is 4.79 Å². The molecular formula is C11H11ClN4OS. The molecule has 3 heterocycles. The quantitative estimate of drug-likeness (QED) is 0.853. The lowest BCUT2D eigenvalue weighted by Gasteiger charge is -2.23. The molecule has 1 atom stereocenters. The van der Waals surface area contributed by atoms with E-state index in [1.165, 1.54) is 0 Å². The number of carbonyl (C=O) groups excluding carboxylic acids is 1. The number of hydrogen-bond acceptors (Lipinski definition) is 5. The van der Waals surface area contributed by atoms with Gasteiger partial charge in [0.1, 0.15) is 6.04 Å². The molecule has 0 aromatic carbocycles. The minimum Gasteiger partial charge on any atom is -0.368 e. The molecule has 18 heavy (non-hydrogen) atoms. The van der Waals surface area contributed by atoms with E-state index >= 15 is 0 Å². The fraction of sp³-hybridized carbons (Fsp3) is 0.364. The van der Waals surface area contributed by atoms with Crippen LogP contribution in [0.15, 0.2) is 11.4 Å². The van der Waals surface area contributed by atoms with Crippen molar-refractivity contribution in [3.63, 3.8) is 0 Å². The Balaban J connectivity index is 2.13. The highest BCUT2D eigenvalue weighted by Gasteiger charge is 2.31. The number of hydrogen-bond donors (Lipinski definition) is 1. The topological polar surface area (TPSA) is 72.1 Å². The van der Waals surface area contributed by atoms with Gasteiger partial charge in [-0.05, 0) is 35.9 Å². The Morgan fingerprint density at radius 3 is 3.17 bits per heavy atom. The largest absolute Gasteiger partial charge is 0.368 e. The molecule has 7 heteroatoms. The zero-order chi connectivity index (χ0) is 12.7. The van der Waals surface area contributed by atoms with E-state index in [9.17, 15) is 4.79 Å². The lowest BCUT2D eigenvalue weighted by Crippen LogP contribution is -2.40. The van der Waals surface area contributed by atoms with Crippen molar-refractivity contribution in [3.8, 4) is 0 Å². The Kier molecular flexibility index (Phi) is 2.83. The van der Waals surface area contributed by atoms with Gasteiger partial charge >= 0.3 is 0 Å². The molecule has 1 saturated heterocycles. The third-order valence-electron chi connectivity index (χ3n) is 3.11. The summed E-state index contributed by atoms with van der Waals surface area (Å²) in [5, 5.41) is 2.14. The van der Waals surface area contributed by atoms with Crippen LogP contribution in [0.5, 0.6) is 0 Å². The first-order valence-corrected chi connectivity index (χ1v) is 6.89. The predicted octanol–water partition coefficient (Wildman–Crippen LogP) is 1.80. The lowest BCUT2D eigenvalue weighted by atomic mass is 10.2. The molecule has 1 fully saturated rings. The van der Waals surface area contributed by atoms with E-state index in [4.69, 9.17) is 17.3 Å². The summed E-state index contributed by atoms with van der Waals surface area (Å²) in [7, 11) is 0. The summed E-state index contributed by atoms with van der Waals surface area (Å²) in [5.41, 5.74) is 6.24. The zero-order valence-corrected chi connectivity index (χ0v) is 11.0. The van der Waals surface area contributed by atoms with Gasteiger partial charge in [0.25, 0.3) is 0 Å². The van der Waals surface area contributed by atoms with Crippen LogP contribution in [0.4, 0.5) is 5.82 Å². The first-order chi connectivity index (χ1) is 8.66. The molecule has 0 unspecified atom stereocenters. The van der Waals surface area contributed by atoms with Crippen LogP contribution < -0.4 is 10.6 Å². The van der Waals surface area contributed by atoms with Crippen molar-refractivity contribution in [2.75, 3.05) is 11.4 Å². The molecule has 2 N–H and O–H groups in total. The van der Waals surface area contributed by atoms with Gasteiger partial charge < -0.3 is 10.6 Å². The summed E-state index contributed by atoms with van der Waals surface area (Å²) in [5.74, 6) is 0.410. The van der Waals surface area contributed by atoms with Crippen LogP contribution in [0.25, 0.3) is 10.2 Å². The molecule has 0 aliphatic carbocycles. The maximum Gasteiger partial charge on any atom is 0.240 e. The monoisotopic (exact) mass is 282 g/mol. The molecule has 1 aliphatic heterocycles. The van der Waals surface area contributed by atoms with E-state index in [0.717, 1.165) is 35.4 Å². The fourth-order valence-electron chi connectivity index (χ4n) is 2.33. The molecule has 2 aromatic rings. The fourth-order valence-corrected chi connectivity index (χ4v) is 3.34. The van der Waals surface area contributed by atoms with Crippen molar-refractivity contribution in [2.45, 2.75) is 18.9 Å². The van der Waals surface area contributed by atoms with E-state index < -0.39 is 0 Å². The predicted molar refractivity (Wildman–Crippen MR) is 72.0 cm³/mol. The number of amides is 1. The second kappa shape index (κ2) is 4.37. The summed E-state index contributed by atoms with van der Waals surface area (Å²) < 4.78 is 0.951. The van der Waals surface area contributed by atoms with Crippen molar-refractivity contribution in [1.82, 2.24) is 9.97 Å². The van der Waals surface area contributed by atoms with E-state index in [1.807, 2.05) is 16.3 Å². The van der Waals surface area contributed by atoms with Crippen molar-refractivity contribution >= 4 is 44.9 Å². The lowest BCUT2D eigenvalue weighted by molar-refractivity contribution is -0.119. The number of rotatable bonds is 2. The van der Waals surface area contributed by atoms with Crippen LogP contribution in [0.3, 0.4) is 0 Å². The Hall–Kier alpha value is -1.40. The van der Waals surface area contributed by atoms with E-state index in [0.29, 0.717) is 0 Å². The highest BCUT2D eigenvalue weighted by atomic mass is 35.5. The third-order valence-corrected chi connectivity index (χ3v) is 4.18. The van der Waals surface area contributed by atoms with E-state index in [2.05, 4.69) is 9.97 Å². The molecule has 0 radical (unpaired) electrons. The van der Waals surface area contributed by atoms with Crippen molar-refractivity contribution in [3.05, 3.63) is 16.7 Å². The second-order valence-electron chi connectivity index (χ2n) is 4.20. The SMILES string of the molecule is NC(=O)[C@@H]1CCCN1c1nc(Cl)nc2ccsc12. The average Bonchev–Trinajstić information content (AvgIpc) is 2.95. The Labute approximate surface area is 113 Å². The van der Waals surface area contributed by atoms with Gasteiger partial charge in [-0.3, -0.25) is 4.79 Å². The van der Waals surface area contributed by atoms with Crippen LogP contribution in [0.1, 0.15) is 12.8 Å². The molecule has 3 rings (SSSR count). The van der Waals surface area contributed by atoms with Crippen molar-refractivity contribution in [2.24, 2.45) is 5.73 Å². The maximum absolute atomic E-state index is 11.5. The molecule has 1 aliphatic rings. The highest BCUT2D eigenvalue weighted by molar-refractivity contribution is 7.17. The number of carbonyl (C=O) groups is 1. The Bertz CT molecular complexity index is 614. The van der Waals surface area contributed by atoms with Crippen LogP contribution in [-0.2, 0) is 4.79 Å².